The molecule has 1 aliphatic carbocycles. The second-order valence-corrected chi connectivity index (χ2v) is 7.11. The van der Waals surface area contributed by atoms with Crippen LogP contribution in [0.5, 0.6) is 0 Å². The number of hydrogen-bond donors (Lipinski definition) is 2. The SMILES string of the molecule is Cc1ccc(NC(=O)CN(C)C(=O)CC2(CN)CCCCC2)cc1.Cl. The van der Waals surface area contributed by atoms with Crippen molar-refractivity contribution in [3.05, 3.63) is 29.8 Å². The van der Waals surface area contributed by atoms with Crippen LogP contribution in [0.4, 0.5) is 5.69 Å². The molecule has 1 fully saturated rings. The van der Waals surface area contributed by atoms with Crippen LogP contribution >= 0.6 is 12.4 Å². The van der Waals surface area contributed by atoms with E-state index in [0.29, 0.717) is 13.0 Å². The lowest BCUT2D eigenvalue weighted by molar-refractivity contribution is -0.135. The summed E-state index contributed by atoms with van der Waals surface area (Å²) in [7, 11) is 1.68. The zero-order valence-corrected chi connectivity index (χ0v) is 16.0. The molecule has 0 aliphatic heterocycles. The number of aryl methyl sites for hydroxylation is 1. The number of carbonyl (C=O) groups excluding carboxylic acids is 2. The highest BCUT2D eigenvalue weighted by molar-refractivity contribution is 5.94. The van der Waals surface area contributed by atoms with Crippen LogP contribution in [0.25, 0.3) is 0 Å². The van der Waals surface area contributed by atoms with E-state index >= 15 is 0 Å². The fourth-order valence-electron chi connectivity index (χ4n) is 3.35. The molecule has 1 saturated carbocycles. The number of halogens is 1. The monoisotopic (exact) mass is 367 g/mol. The van der Waals surface area contributed by atoms with Crippen molar-refractivity contribution in [1.82, 2.24) is 4.90 Å². The van der Waals surface area contributed by atoms with Gasteiger partial charge in [-0.1, -0.05) is 37.0 Å². The third-order valence-corrected chi connectivity index (χ3v) is 5.02. The minimum atomic E-state index is -0.180. The maximum absolute atomic E-state index is 12.5. The van der Waals surface area contributed by atoms with Gasteiger partial charge < -0.3 is 16.0 Å². The van der Waals surface area contributed by atoms with Gasteiger partial charge in [-0.25, -0.2) is 0 Å². The predicted octanol–water partition coefficient (Wildman–Crippen LogP) is 3.11. The van der Waals surface area contributed by atoms with Crippen LogP contribution in [0.15, 0.2) is 24.3 Å². The maximum atomic E-state index is 12.5. The van der Waals surface area contributed by atoms with Crippen LogP contribution in [-0.2, 0) is 9.59 Å². The largest absolute Gasteiger partial charge is 0.336 e. The number of nitrogens with two attached hydrogens (primary N) is 1. The van der Waals surface area contributed by atoms with Gasteiger partial charge in [0.15, 0.2) is 0 Å². The number of nitrogens with one attached hydrogen (secondary N) is 1. The molecule has 0 saturated heterocycles. The lowest BCUT2D eigenvalue weighted by Gasteiger charge is -2.36. The minimum absolute atomic E-state index is 0. The summed E-state index contributed by atoms with van der Waals surface area (Å²) in [5.74, 6) is -0.179. The molecule has 0 bridgehead atoms. The van der Waals surface area contributed by atoms with Gasteiger partial charge in [0.25, 0.3) is 0 Å². The molecule has 0 aromatic heterocycles. The lowest BCUT2D eigenvalue weighted by atomic mass is 9.71. The Kier molecular flexibility index (Phi) is 8.39. The molecule has 2 rings (SSSR count). The zero-order valence-electron chi connectivity index (χ0n) is 15.2. The average Bonchev–Trinajstić information content (AvgIpc) is 2.57. The number of rotatable bonds is 6. The van der Waals surface area contributed by atoms with E-state index in [1.54, 1.807) is 7.05 Å². The van der Waals surface area contributed by atoms with E-state index in [0.717, 1.165) is 36.9 Å². The van der Waals surface area contributed by atoms with Crippen LogP contribution in [-0.4, -0.2) is 36.9 Å². The number of hydrogen-bond acceptors (Lipinski definition) is 3. The van der Waals surface area contributed by atoms with Gasteiger partial charge in [0, 0.05) is 19.2 Å². The van der Waals surface area contributed by atoms with Crippen molar-refractivity contribution < 1.29 is 9.59 Å². The summed E-state index contributed by atoms with van der Waals surface area (Å²) in [5, 5.41) is 2.82. The summed E-state index contributed by atoms with van der Waals surface area (Å²) in [4.78, 5) is 26.1. The summed E-state index contributed by atoms with van der Waals surface area (Å²) in [5.41, 5.74) is 7.77. The molecule has 25 heavy (non-hydrogen) atoms. The molecular weight excluding hydrogens is 338 g/mol. The third-order valence-electron chi connectivity index (χ3n) is 5.02. The van der Waals surface area contributed by atoms with Crippen LogP contribution in [0.3, 0.4) is 0 Å². The molecule has 1 aliphatic rings. The first-order valence-electron chi connectivity index (χ1n) is 8.75. The molecule has 0 unspecified atom stereocenters. The first kappa shape index (κ1) is 21.5. The Morgan fingerprint density at radius 3 is 2.32 bits per heavy atom. The topological polar surface area (TPSA) is 75.4 Å². The molecule has 1 aromatic carbocycles. The quantitative estimate of drug-likeness (QED) is 0.811. The van der Waals surface area contributed by atoms with Gasteiger partial charge in [-0.15, -0.1) is 12.4 Å². The van der Waals surface area contributed by atoms with Gasteiger partial charge in [-0.3, -0.25) is 9.59 Å². The second-order valence-electron chi connectivity index (χ2n) is 7.11. The average molecular weight is 368 g/mol. The van der Waals surface area contributed by atoms with Crippen molar-refractivity contribution in [2.75, 3.05) is 25.5 Å². The molecule has 5 nitrogen and oxygen atoms in total. The van der Waals surface area contributed by atoms with Crippen LogP contribution in [0, 0.1) is 12.3 Å². The van der Waals surface area contributed by atoms with Gasteiger partial charge >= 0.3 is 0 Å². The summed E-state index contributed by atoms with van der Waals surface area (Å²) in [6.07, 6.45) is 5.98. The first-order chi connectivity index (χ1) is 11.4. The van der Waals surface area contributed by atoms with Crippen molar-refractivity contribution in [2.45, 2.75) is 45.4 Å². The van der Waals surface area contributed by atoms with Crippen LogP contribution < -0.4 is 11.1 Å². The number of anilines is 1. The third kappa shape index (κ3) is 6.33. The van der Waals surface area contributed by atoms with E-state index in [9.17, 15) is 9.59 Å². The second kappa shape index (κ2) is 9.78. The number of likely N-dealkylation sites (N-methyl/N-ethyl adjacent to an activating group) is 1. The van der Waals surface area contributed by atoms with E-state index in [1.807, 2.05) is 31.2 Å². The lowest BCUT2D eigenvalue weighted by Crippen LogP contribution is -2.41. The zero-order chi connectivity index (χ0) is 17.6. The van der Waals surface area contributed by atoms with Crippen molar-refractivity contribution in [1.29, 1.82) is 0 Å². The Morgan fingerprint density at radius 1 is 1.16 bits per heavy atom. The maximum Gasteiger partial charge on any atom is 0.243 e. The van der Waals surface area contributed by atoms with Gasteiger partial charge in [0.2, 0.25) is 11.8 Å². The van der Waals surface area contributed by atoms with E-state index in [4.69, 9.17) is 5.73 Å². The Balaban J connectivity index is 0.00000312. The number of nitrogens with zero attached hydrogens (tertiary/aromatic N) is 1. The highest BCUT2D eigenvalue weighted by Gasteiger charge is 2.34. The minimum Gasteiger partial charge on any atom is -0.336 e. The van der Waals surface area contributed by atoms with E-state index in [1.165, 1.54) is 11.3 Å². The molecule has 2 amide bonds. The summed E-state index contributed by atoms with van der Waals surface area (Å²) in [6.45, 7) is 2.60. The Labute approximate surface area is 156 Å². The van der Waals surface area contributed by atoms with Crippen molar-refractivity contribution in [3.63, 3.8) is 0 Å². The molecule has 0 heterocycles. The van der Waals surface area contributed by atoms with Crippen molar-refractivity contribution >= 4 is 29.9 Å². The number of amides is 2. The van der Waals surface area contributed by atoms with E-state index in [2.05, 4.69) is 5.32 Å². The first-order valence-corrected chi connectivity index (χ1v) is 8.75. The number of carbonyl (C=O) groups is 2. The highest BCUT2D eigenvalue weighted by atomic mass is 35.5. The van der Waals surface area contributed by atoms with Gasteiger partial charge in [0.1, 0.15) is 0 Å². The number of benzene rings is 1. The Morgan fingerprint density at radius 2 is 1.76 bits per heavy atom. The van der Waals surface area contributed by atoms with Gasteiger partial charge in [-0.2, -0.15) is 0 Å². The Hall–Kier alpha value is -1.59. The summed E-state index contributed by atoms with van der Waals surface area (Å²) < 4.78 is 0. The smallest absolute Gasteiger partial charge is 0.243 e. The molecule has 0 atom stereocenters. The van der Waals surface area contributed by atoms with Crippen LogP contribution in [0.2, 0.25) is 0 Å². The van der Waals surface area contributed by atoms with E-state index < -0.39 is 0 Å². The Bertz CT molecular complexity index is 569. The predicted molar refractivity (Wildman–Crippen MR) is 104 cm³/mol. The standard InChI is InChI=1S/C19H29N3O2.ClH/c1-15-6-8-16(9-7-15)21-17(23)13-22(2)18(24)12-19(14-20)10-4-3-5-11-19;/h6-9H,3-5,10-14,20H2,1-2H3,(H,21,23);1H. The van der Waals surface area contributed by atoms with E-state index in [-0.39, 0.29) is 36.2 Å². The van der Waals surface area contributed by atoms with Crippen molar-refractivity contribution in [3.8, 4) is 0 Å². The van der Waals surface area contributed by atoms with Crippen LogP contribution in [0.1, 0.15) is 44.1 Å². The van der Waals surface area contributed by atoms with Gasteiger partial charge in [0.05, 0.1) is 6.54 Å². The molecule has 3 N–H and O–H groups in total. The summed E-state index contributed by atoms with van der Waals surface area (Å²) in [6, 6.07) is 7.61. The highest BCUT2D eigenvalue weighted by Crippen LogP contribution is 2.38. The molecule has 1 aromatic rings. The molecule has 0 radical (unpaired) electrons. The fraction of sp³-hybridized carbons (Fsp3) is 0.579. The summed E-state index contributed by atoms with van der Waals surface area (Å²) >= 11 is 0. The molecular formula is C19H30ClN3O2. The molecule has 140 valence electrons. The normalized spacial score (nSPS) is 15.8. The molecule has 0 spiro atoms. The fourth-order valence-corrected chi connectivity index (χ4v) is 3.35. The van der Waals surface area contributed by atoms with Crippen molar-refractivity contribution in [2.24, 2.45) is 11.1 Å². The van der Waals surface area contributed by atoms with Gasteiger partial charge in [-0.05, 0) is 43.9 Å². The molecule has 6 heteroatoms.